The average Bonchev–Trinajstić information content (AvgIpc) is 2.61. The summed E-state index contributed by atoms with van der Waals surface area (Å²) in [6, 6.07) is 4.85. The van der Waals surface area contributed by atoms with Gasteiger partial charge in [-0.3, -0.25) is 9.59 Å². The molecule has 1 aromatic carbocycles. The van der Waals surface area contributed by atoms with Crippen LogP contribution in [0.1, 0.15) is 53.4 Å². The standard InChI is InChI=1S/C20H26N2O3/c1-5-7-14-18-13(10-20(3,4)11-17(18)25)21-19-15(22(14)12(2)23)8-6-9-16(19)24/h6,8-9,14,21,24H,5,7,10-11H2,1-4H3. The Hall–Kier alpha value is -2.30. The number of nitrogens with one attached hydrogen (secondary N) is 1. The van der Waals surface area contributed by atoms with Crippen LogP contribution in [0.2, 0.25) is 0 Å². The molecular weight excluding hydrogens is 316 g/mol. The van der Waals surface area contributed by atoms with Gasteiger partial charge in [0.2, 0.25) is 5.91 Å². The lowest BCUT2D eigenvalue weighted by molar-refractivity contribution is -0.118. The zero-order valence-corrected chi connectivity index (χ0v) is 15.3. The van der Waals surface area contributed by atoms with E-state index in [-0.39, 0.29) is 28.9 Å². The Labute approximate surface area is 148 Å². The minimum Gasteiger partial charge on any atom is -0.506 e. The van der Waals surface area contributed by atoms with E-state index in [2.05, 4.69) is 26.1 Å². The smallest absolute Gasteiger partial charge is 0.224 e. The van der Waals surface area contributed by atoms with Gasteiger partial charge < -0.3 is 15.3 Å². The first-order valence-corrected chi connectivity index (χ1v) is 8.90. The number of para-hydroxylation sites is 1. The number of carbonyl (C=O) groups excluding carboxylic acids is 2. The number of carbonyl (C=O) groups is 2. The highest BCUT2D eigenvalue weighted by Crippen LogP contribution is 2.46. The van der Waals surface area contributed by atoms with Crippen molar-refractivity contribution >= 4 is 23.1 Å². The number of fused-ring (bicyclic) bond motifs is 1. The lowest BCUT2D eigenvalue weighted by Crippen LogP contribution is -2.43. The van der Waals surface area contributed by atoms with Gasteiger partial charge in [-0.15, -0.1) is 0 Å². The molecule has 0 radical (unpaired) electrons. The van der Waals surface area contributed by atoms with E-state index in [1.807, 2.05) is 6.07 Å². The van der Waals surface area contributed by atoms with Crippen molar-refractivity contribution in [2.24, 2.45) is 5.41 Å². The molecule has 0 aromatic heterocycles. The van der Waals surface area contributed by atoms with Gasteiger partial charge in [-0.1, -0.05) is 33.3 Å². The largest absolute Gasteiger partial charge is 0.506 e. The Balaban J connectivity index is 2.26. The van der Waals surface area contributed by atoms with Crippen LogP contribution >= 0.6 is 0 Å². The molecule has 1 aromatic rings. The van der Waals surface area contributed by atoms with Crippen LogP contribution < -0.4 is 10.2 Å². The third-order valence-electron chi connectivity index (χ3n) is 5.02. The molecule has 1 aliphatic heterocycles. The van der Waals surface area contributed by atoms with Gasteiger partial charge in [0.15, 0.2) is 5.78 Å². The van der Waals surface area contributed by atoms with E-state index in [1.54, 1.807) is 17.0 Å². The molecular formula is C20H26N2O3. The number of anilines is 2. The summed E-state index contributed by atoms with van der Waals surface area (Å²) in [5.41, 5.74) is 2.54. The van der Waals surface area contributed by atoms with Gasteiger partial charge >= 0.3 is 0 Å². The van der Waals surface area contributed by atoms with Crippen molar-refractivity contribution in [1.29, 1.82) is 0 Å². The molecule has 3 rings (SSSR count). The summed E-state index contributed by atoms with van der Waals surface area (Å²) in [5, 5.41) is 13.7. The van der Waals surface area contributed by atoms with E-state index in [9.17, 15) is 14.7 Å². The van der Waals surface area contributed by atoms with Gasteiger partial charge in [-0.05, 0) is 30.4 Å². The van der Waals surface area contributed by atoms with Crippen LogP contribution in [0.3, 0.4) is 0 Å². The van der Waals surface area contributed by atoms with Crippen LogP contribution in [0, 0.1) is 5.41 Å². The number of allylic oxidation sites excluding steroid dienone is 1. The van der Waals surface area contributed by atoms with Crippen molar-refractivity contribution in [3.63, 3.8) is 0 Å². The van der Waals surface area contributed by atoms with Crippen LogP contribution in [-0.2, 0) is 9.59 Å². The Kier molecular flexibility index (Phi) is 4.35. The quantitative estimate of drug-likeness (QED) is 0.798. The fourth-order valence-electron chi connectivity index (χ4n) is 4.07. The van der Waals surface area contributed by atoms with Gasteiger partial charge in [0, 0.05) is 24.6 Å². The summed E-state index contributed by atoms with van der Waals surface area (Å²) in [7, 11) is 0. The monoisotopic (exact) mass is 342 g/mol. The summed E-state index contributed by atoms with van der Waals surface area (Å²) in [4.78, 5) is 27.2. The molecule has 1 aliphatic carbocycles. The average molecular weight is 342 g/mol. The molecule has 134 valence electrons. The van der Waals surface area contributed by atoms with Crippen molar-refractivity contribution in [1.82, 2.24) is 0 Å². The van der Waals surface area contributed by atoms with Gasteiger partial charge in [0.25, 0.3) is 0 Å². The van der Waals surface area contributed by atoms with E-state index < -0.39 is 0 Å². The normalized spacial score (nSPS) is 22.0. The number of aromatic hydroxyl groups is 1. The van der Waals surface area contributed by atoms with Crippen LogP contribution in [-0.4, -0.2) is 22.8 Å². The van der Waals surface area contributed by atoms with Gasteiger partial charge in [0.1, 0.15) is 11.4 Å². The lowest BCUT2D eigenvalue weighted by atomic mass is 9.73. The van der Waals surface area contributed by atoms with Crippen LogP contribution in [0.25, 0.3) is 0 Å². The molecule has 0 bridgehead atoms. The predicted octanol–water partition coefficient (Wildman–Crippen LogP) is 3.98. The highest BCUT2D eigenvalue weighted by molar-refractivity contribution is 6.06. The fourth-order valence-corrected chi connectivity index (χ4v) is 4.07. The van der Waals surface area contributed by atoms with Gasteiger partial charge in [-0.2, -0.15) is 0 Å². The van der Waals surface area contributed by atoms with Crippen LogP contribution in [0.4, 0.5) is 11.4 Å². The Morgan fingerprint density at radius 3 is 2.72 bits per heavy atom. The number of benzene rings is 1. The van der Waals surface area contributed by atoms with E-state index in [0.717, 1.165) is 12.1 Å². The second-order valence-electron chi connectivity index (χ2n) is 7.82. The number of hydrogen-bond donors (Lipinski definition) is 2. The molecule has 0 fully saturated rings. The minimum absolute atomic E-state index is 0.0866. The summed E-state index contributed by atoms with van der Waals surface area (Å²) < 4.78 is 0. The molecule has 0 saturated carbocycles. The van der Waals surface area contributed by atoms with E-state index in [1.165, 1.54) is 6.92 Å². The first-order chi connectivity index (χ1) is 11.7. The minimum atomic E-state index is -0.295. The lowest BCUT2D eigenvalue weighted by Gasteiger charge is -2.36. The maximum absolute atomic E-state index is 13.0. The summed E-state index contributed by atoms with van der Waals surface area (Å²) in [5.74, 6) is 0.0535. The van der Waals surface area contributed by atoms with Crippen molar-refractivity contribution < 1.29 is 14.7 Å². The summed E-state index contributed by atoms with van der Waals surface area (Å²) in [6.45, 7) is 7.71. The molecule has 2 aliphatic rings. The molecule has 1 atom stereocenters. The van der Waals surface area contributed by atoms with Gasteiger partial charge in [0.05, 0.1) is 11.7 Å². The number of amides is 1. The Bertz CT molecular complexity index is 764. The number of hydrogen-bond acceptors (Lipinski definition) is 4. The third kappa shape index (κ3) is 3.03. The van der Waals surface area contributed by atoms with Crippen LogP contribution in [0.5, 0.6) is 5.75 Å². The number of rotatable bonds is 2. The zero-order valence-electron chi connectivity index (χ0n) is 15.3. The highest BCUT2D eigenvalue weighted by Gasteiger charge is 2.41. The SMILES string of the molecule is CCCC1C2=C(CC(C)(C)CC2=O)Nc2c(O)cccc2N1C(C)=O. The zero-order chi connectivity index (χ0) is 18.4. The number of phenolic OH excluding ortho intramolecular Hbond substituents is 1. The topological polar surface area (TPSA) is 69.6 Å². The first kappa shape index (κ1) is 17.5. The number of nitrogens with zero attached hydrogens (tertiary/aromatic N) is 1. The molecule has 25 heavy (non-hydrogen) atoms. The third-order valence-corrected chi connectivity index (χ3v) is 5.02. The maximum Gasteiger partial charge on any atom is 0.224 e. The van der Waals surface area contributed by atoms with Crippen molar-refractivity contribution in [3.05, 3.63) is 29.5 Å². The highest BCUT2D eigenvalue weighted by atomic mass is 16.3. The molecule has 5 heteroatoms. The molecule has 1 heterocycles. The Morgan fingerprint density at radius 2 is 2.08 bits per heavy atom. The number of Topliss-reactive ketones (excluding diaryl/α,β-unsaturated/α-hetero) is 1. The molecule has 0 spiro atoms. The van der Waals surface area contributed by atoms with Crippen molar-refractivity contribution in [3.8, 4) is 5.75 Å². The van der Waals surface area contributed by atoms with Crippen LogP contribution in [0.15, 0.2) is 29.5 Å². The van der Waals surface area contributed by atoms with E-state index >= 15 is 0 Å². The first-order valence-electron chi connectivity index (χ1n) is 8.90. The van der Waals surface area contributed by atoms with Gasteiger partial charge in [-0.25, -0.2) is 0 Å². The number of ketones is 1. The molecule has 1 unspecified atom stereocenters. The van der Waals surface area contributed by atoms with E-state index in [0.29, 0.717) is 36.2 Å². The maximum atomic E-state index is 13.0. The predicted molar refractivity (Wildman–Crippen MR) is 98.6 cm³/mol. The summed E-state index contributed by atoms with van der Waals surface area (Å²) >= 11 is 0. The molecule has 0 saturated heterocycles. The van der Waals surface area contributed by atoms with E-state index in [4.69, 9.17) is 0 Å². The molecule has 5 nitrogen and oxygen atoms in total. The molecule has 1 amide bonds. The Morgan fingerprint density at radius 1 is 1.36 bits per heavy atom. The summed E-state index contributed by atoms with van der Waals surface area (Å²) in [6.07, 6.45) is 2.76. The molecule has 2 N–H and O–H groups in total. The fraction of sp³-hybridized carbons (Fsp3) is 0.500. The van der Waals surface area contributed by atoms with Crippen molar-refractivity contribution in [2.75, 3.05) is 10.2 Å². The second kappa shape index (κ2) is 6.21. The number of phenols is 1. The van der Waals surface area contributed by atoms with Crippen molar-refractivity contribution in [2.45, 2.75) is 59.4 Å². The second-order valence-corrected chi connectivity index (χ2v) is 7.82.